The van der Waals surface area contributed by atoms with Crippen molar-refractivity contribution in [1.29, 1.82) is 0 Å². The smallest absolute Gasteiger partial charge is 0.254 e. The maximum Gasteiger partial charge on any atom is 0.254 e. The van der Waals surface area contributed by atoms with E-state index >= 15 is 0 Å². The van der Waals surface area contributed by atoms with E-state index in [1.54, 1.807) is 4.90 Å². The zero-order chi connectivity index (χ0) is 23.7. The van der Waals surface area contributed by atoms with Crippen molar-refractivity contribution in [1.82, 2.24) is 9.80 Å². The maximum absolute atomic E-state index is 13.5. The van der Waals surface area contributed by atoms with Crippen LogP contribution in [0.1, 0.15) is 42.5 Å². The van der Waals surface area contributed by atoms with Gasteiger partial charge in [0.05, 0.1) is 0 Å². The van der Waals surface area contributed by atoms with Crippen LogP contribution in [0.15, 0.2) is 42.5 Å². The monoisotopic (exact) mass is 469 g/mol. The Morgan fingerprint density at radius 3 is 2.15 bits per heavy atom. The first-order valence-corrected chi connectivity index (χ1v) is 12.0. The number of hydrogen-bond acceptors (Lipinski definition) is 4. The molecule has 2 amide bonds. The summed E-state index contributed by atoms with van der Waals surface area (Å²) < 4.78 is 33.1. The van der Waals surface area contributed by atoms with Gasteiger partial charge in [-0.2, -0.15) is 0 Å². The molecule has 3 aliphatic rings. The number of halogens is 2. The van der Waals surface area contributed by atoms with Gasteiger partial charge >= 0.3 is 0 Å². The molecule has 1 saturated carbocycles. The van der Waals surface area contributed by atoms with Crippen LogP contribution in [0.5, 0.6) is 5.75 Å². The van der Waals surface area contributed by atoms with Crippen LogP contribution < -0.4 is 9.64 Å². The molecule has 6 nitrogen and oxygen atoms in total. The van der Waals surface area contributed by atoms with E-state index < -0.39 is 17.5 Å². The van der Waals surface area contributed by atoms with Gasteiger partial charge in [0, 0.05) is 49.5 Å². The van der Waals surface area contributed by atoms with Gasteiger partial charge in [-0.05, 0) is 62.1 Å². The molecule has 0 atom stereocenters. The van der Waals surface area contributed by atoms with Crippen LogP contribution in [0.2, 0.25) is 0 Å². The molecule has 2 aliphatic heterocycles. The molecule has 2 aromatic carbocycles. The van der Waals surface area contributed by atoms with Gasteiger partial charge in [-0.15, -0.1) is 0 Å². The molecule has 2 saturated heterocycles. The summed E-state index contributed by atoms with van der Waals surface area (Å²) >= 11 is 0. The normalized spacial score (nSPS) is 20.4. The molecule has 34 heavy (non-hydrogen) atoms. The Balaban J connectivity index is 1.14. The first-order chi connectivity index (χ1) is 16.5. The average molecular weight is 470 g/mol. The zero-order valence-electron chi connectivity index (χ0n) is 19.1. The molecule has 0 unspecified atom stereocenters. The fourth-order valence-corrected chi connectivity index (χ4v) is 4.99. The topological polar surface area (TPSA) is 53.1 Å². The minimum atomic E-state index is -0.820. The van der Waals surface area contributed by atoms with Gasteiger partial charge in [0.1, 0.15) is 30.0 Å². The minimum absolute atomic E-state index is 0.0984. The van der Waals surface area contributed by atoms with Crippen molar-refractivity contribution in [3.8, 4) is 5.75 Å². The van der Waals surface area contributed by atoms with Crippen LogP contribution >= 0.6 is 0 Å². The number of likely N-dealkylation sites (tertiary alicyclic amines) is 1. The zero-order valence-corrected chi connectivity index (χ0v) is 19.1. The van der Waals surface area contributed by atoms with E-state index in [1.807, 2.05) is 24.3 Å². The number of anilines is 1. The number of carbonyl (C=O) groups is 2. The molecular weight excluding hydrogens is 440 g/mol. The Morgan fingerprint density at radius 2 is 1.56 bits per heavy atom. The molecule has 0 spiro atoms. The predicted molar refractivity (Wildman–Crippen MR) is 124 cm³/mol. The number of piperazine rings is 1. The molecule has 5 rings (SSSR count). The summed E-state index contributed by atoms with van der Waals surface area (Å²) in [5.74, 6) is -1.65. The molecule has 180 valence electrons. The fraction of sp³-hybridized carbons (Fsp3) is 0.462. The number of piperidine rings is 1. The van der Waals surface area contributed by atoms with Crippen molar-refractivity contribution < 1.29 is 23.1 Å². The standard InChI is InChI=1S/C26H29F2N3O3/c27-19-14-18(15-20(28)16-19)26(33)30-12-13-31(25(32)17-30)22-4-6-23(7-5-22)34-24-8-10-29(11-9-24)21-2-1-3-21/h4-7,14-16,21,24H,1-3,8-13,17H2. The van der Waals surface area contributed by atoms with Crippen molar-refractivity contribution >= 4 is 17.5 Å². The van der Waals surface area contributed by atoms with E-state index in [0.717, 1.165) is 55.5 Å². The third-order valence-electron chi connectivity index (χ3n) is 7.14. The van der Waals surface area contributed by atoms with Gasteiger partial charge in [0.2, 0.25) is 5.91 Å². The lowest BCUT2D eigenvalue weighted by atomic mass is 9.90. The van der Waals surface area contributed by atoms with E-state index in [0.29, 0.717) is 12.6 Å². The highest BCUT2D eigenvalue weighted by Gasteiger charge is 2.30. The second kappa shape index (κ2) is 9.70. The van der Waals surface area contributed by atoms with Crippen LogP contribution in [-0.4, -0.2) is 66.5 Å². The summed E-state index contributed by atoms with van der Waals surface area (Å²) in [4.78, 5) is 30.9. The number of ether oxygens (including phenoxy) is 1. The molecule has 3 fully saturated rings. The molecule has 0 radical (unpaired) electrons. The Hall–Kier alpha value is -3.00. The minimum Gasteiger partial charge on any atom is -0.490 e. The maximum atomic E-state index is 13.5. The van der Waals surface area contributed by atoms with Crippen molar-refractivity contribution in [3.05, 3.63) is 59.7 Å². The molecule has 0 N–H and O–H groups in total. The van der Waals surface area contributed by atoms with Crippen LogP contribution in [0.3, 0.4) is 0 Å². The Kier molecular flexibility index (Phi) is 6.50. The van der Waals surface area contributed by atoms with Crippen LogP contribution in [0.25, 0.3) is 0 Å². The Labute approximate surface area is 198 Å². The summed E-state index contributed by atoms with van der Waals surface area (Å²) in [7, 11) is 0. The highest BCUT2D eigenvalue weighted by molar-refractivity contribution is 6.01. The summed E-state index contributed by atoms with van der Waals surface area (Å²) in [6.45, 7) is 2.62. The van der Waals surface area contributed by atoms with Gasteiger partial charge in [-0.25, -0.2) is 8.78 Å². The number of carbonyl (C=O) groups excluding carboxylic acids is 2. The molecule has 1 aliphatic carbocycles. The average Bonchev–Trinajstić information content (AvgIpc) is 2.79. The van der Waals surface area contributed by atoms with E-state index in [2.05, 4.69) is 4.90 Å². The third-order valence-corrected chi connectivity index (χ3v) is 7.14. The molecule has 0 bridgehead atoms. The highest BCUT2D eigenvalue weighted by Crippen LogP contribution is 2.29. The van der Waals surface area contributed by atoms with Crippen molar-refractivity contribution in [2.75, 3.05) is 37.6 Å². The number of hydrogen-bond donors (Lipinski definition) is 0. The number of amides is 2. The van der Waals surface area contributed by atoms with Gasteiger partial charge in [-0.3, -0.25) is 9.59 Å². The fourth-order valence-electron chi connectivity index (χ4n) is 4.99. The Morgan fingerprint density at radius 1 is 0.882 bits per heavy atom. The van der Waals surface area contributed by atoms with Gasteiger partial charge in [0.15, 0.2) is 0 Å². The van der Waals surface area contributed by atoms with Crippen LogP contribution in [0.4, 0.5) is 14.5 Å². The quantitative estimate of drug-likeness (QED) is 0.668. The number of benzene rings is 2. The summed E-state index contributed by atoms with van der Waals surface area (Å²) in [6, 6.07) is 10.9. The van der Waals surface area contributed by atoms with Crippen molar-refractivity contribution in [2.24, 2.45) is 0 Å². The van der Waals surface area contributed by atoms with Crippen LogP contribution in [-0.2, 0) is 4.79 Å². The Bertz CT molecular complexity index is 1030. The lowest BCUT2D eigenvalue weighted by Gasteiger charge is -2.41. The highest BCUT2D eigenvalue weighted by atomic mass is 19.1. The van der Waals surface area contributed by atoms with E-state index in [9.17, 15) is 18.4 Å². The van der Waals surface area contributed by atoms with Gasteiger partial charge in [0.25, 0.3) is 5.91 Å². The van der Waals surface area contributed by atoms with Crippen LogP contribution in [0, 0.1) is 11.6 Å². The van der Waals surface area contributed by atoms with E-state index in [4.69, 9.17) is 4.74 Å². The number of rotatable bonds is 5. The first-order valence-electron chi connectivity index (χ1n) is 12.0. The second-order valence-corrected chi connectivity index (χ2v) is 9.36. The molecular formula is C26H29F2N3O3. The summed E-state index contributed by atoms with van der Waals surface area (Å²) in [6.07, 6.45) is 6.29. The second-order valence-electron chi connectivity index (χ2n) is 9.36. The van der Waals surface area contributed by atoms with Gasteiger partial charge < -0.3 is 19.4 Å². The lowest BCUT2D eigenvalue weighted by molar-refractivity contribution is -0.120. The predicted octanol–water partition coefficient (Wildman–Crippen LogP) is 3.85. The van der Waals surface area contributed by atoms with E-state index in [1.165, 1.54) is 24.2 Å². The summed E-state index contributed by atoms with van der Waals surface area (Å²) in [5, 5.41) is 0. The largest absolute Gasteiger partial charge is 0.490 e. The summed E-state index contributed by atoms with van der Waals surface area (Å²) in [5.41, 5.74) is 0.639. The molecule has 8 heteroatoms. The molecule has 2 heterocycles. The SMILES string of the molecule is O=C(c1cc(F)cc(F)c1)N1CCN(c2ccc(OC3CCN(C4CCC4)CC3)cc2)C(=O)C1. The van der Waals surface area contributed by atoms with E-state index in [-0.39, 0.29) is 30.7 Å². The molecule has 0 aromatic heterocycles. The van der Waals surface area contributed by atoms with Crippen molar-refractivity contribution in [3.63, 3.8) is 0 Å². The number of nitrogens with zero attached hydrogens (tertiary/aromatic N) is 3. The van der Waals surface area contributed by atoms with Crippen molar-refractivity contribution in [2.45, 2.75) is 44.2 Å². The lowest BCUT2D eigenvalue weighted by Crippen LogP contribution is -2.52. The molecule has 2 aromatic rings. The first kappa shape index (κ1) is 22.8. The third kappa shape index (κ3) is 4.92. The van der Waals surface area contributed by atoms with Gasteiger partial charge in [-0.1, -0.05) is 6.42 Å².